The smallest absolute Gasteiger partial charge is 0.324 e. The second-order valence-electron chi connectivity index (χ2n) is 11.4. The SMILES string of the molecule is CC(C)c1noc(N2CCC(C(C)CCOc3cnc(N4CC[C@H](c5cc(F)ccc5F)[C@@H](N)C4)cn3)CC2)n1. The lowest BCUT2D eigenvalue weighted by Crippen LogP contribution is -2.48. The monoisotopic (exact) mass is 555 g/mol. The van der Waals surface area contributed by atoms with Gasteiger partial charge in [0.2, 0.25) is 5.88 Å². The summed E-state index contributed by atoms with van der Waals surface area (Å²) >= 11 is 0. The minimum atomic E-state index is -0.451. The van der Waals surface area contributed by atoms with Gasteiger partial charge >= 0.3 is 6.01 Å². The Labute approximate surface area is 234 Å². The van der Waals surface area contributed by atoms with Crippen LogP contribution in [0, 0.1) is 23.5 Å². The third-order valence-electron chi connectivity index (χ3n) is 8.34. The number of hydrogen-bond donors (Lipinski definition) is 1. The van der Waals surface area contributed by atoms with Gasteiger partial charge in [-0.15, -0.1) is 0 Å². The van der Waals surface area contributed by atoms with Gasteiger partial charge in [0.1, 0.15) is 17.5 Å². The van der Waals surface area contributed by atoms with Gasteiger partial charge in [0.15, 0.2) is 5.82 Å². The molecule has 4 heterocycles. The van der Waals surface area contributed by atoms with Crippen molar-refractivity contribution in [1.29, 1.82) is 0 Å². The average molecular weight is 556 g/mol. The quantitative estimate of drug-likeness (QED) is 0.394. The summed E-state index contributed by atoms with van der Waals surface area (Å²) in [5.41, 5.74) is 6.72. The predicted molar refractivity (Wildman–Crippen MR) is 149 cm³/mol. The number of aromatic nitrogens is 4. The number of ether oxygens (including phenoxy) is 1. The molecule has 2 aliphatic heterocycles. The van der Waals surface area contributed by atoms with Crippen molar-refractivity contribution in [3.05, 3.63) is 53.6 Å². The summed E-state index contributed by atoms with van der Waals surface area (Å²) in [6.45, 7) is 9.93. The van der Waals surface area contributed by atoms with E-state index in [1.807, 2.05) is 4.90 Å². The van der Waals surface area contributed by atoms with E-state index >= 15 is 0 Å². The number of anilines is 2. The van der Waals surface area contributed by atoms with Crippen LogP contribution in [0.15, 0.2) is 35.1 Å². The van der Waals surface area contributed by atoms with E-state index in [1.165, 1.54) is 6.07 Å². The Hall–Kier alpha value is -3.34. The molecule has 2 aromatic heterocycles. The van der Waals surface area contributed by atoms with Crippen molar-refractivity contribution < 1.29 is 18.0 Å². The van der Waals surface area contributed by atoms with E-state index in [9.17, 15) is 8.78 Å². The highest BCUT2D eigenvalue weighted by molar-refractivity contribution is 5.39. The van der Waals surface area contributed by atoms with Gasteiger partial charge in [0, 0.05) is 44.1 Å². The summed E-state index contributed by atoms with van der Waals surface area (Å²) in [5, 5.41) is 4.08. The Morgan fingerprint density at radius 1 is 1.05 bits per heavy atom. The maximum atomic E-state index is 14.3. The minimum absolute atomic E-state index is 0.242. The first-order chi connectivity index (χ1) is 19.3. The molecule has 11 heteroatoms. The second kappa shape index (κ2) is 12.4. The number of benzene rings is 1. The Bertz CT molecular complexity index is 1250. The Balaban J connectivity index is 1.05. The zero-order chi connectivity index (χ0) is 28.2. The molecule has 1 unspecified atom stereocenters. The van der Waals surface area contributed by atoms with Gasteiger partial charge < -0.3 is 24.8 Å². The normalized spacial score (nSPS) is 21.2. The van der Waals surface area contributed by atoms with Crippen LogP contribution in [0.2, 0.25) is 0 Å². The Morgan fingerprint density at radius 2 is 1.82 bits per heavy atom. The van der Waals surface area contributed by atoms with Crippen LogP contribution in [0.1, 0.15) is 69.7 Å². The van der Waals surface area contributed by atoms with Crippen LogP contribution in [-0.4, -0.2) is 58.9 Å². The molecule has 9 nitrogen and oxygen atoms in total. The average Bonchev–Trinajstić information content (AvgIpc) is 3.46. The summed E-state index contributed by atoms with van der Waals surface area (Å²) in [6.07, 6.45) is 7.03. The van der Waals surface area contributed by atoms with E-state index in [-0.39, 0.29) is 17.9 Å². The first-order valence-corrected chi connectivity index (χ1v) is 14.3. The third-order valence-corrected chi connectivity index (χ3v) is 8.34. The van der Waals surface area contributed by atoms with Crippen LogP contribution in [0.5, 0.6) is 5.88 Å². The van der Waals surface area contributed by atoms with Gasteiger partial charge in [0.25, 0.3) is 0 Å². The number of nitrogens with zero attached hydrogens (tertiary/aromatic N) is 6. The van der Waals surface area contributed by atoms with Gasteiger partial charge in [0.05, 0.1) is 19.0 Å². The van der Waals surface area contributed by atoms with E-state index in [4.69, 9.17) is 15.0 Å². The summed E-state index contributed by atoms with van der Waals surface area (Å²) in [5.74, 6) is 2.23. The van der Waals surface area contributed by atoms with Crippen molar-refractivity contribution in [1.82, 2.24) is 20.1 Å². The molecular formula is C29H39F2N7O2. The molecule has 5 rings (SSSR count). The van der Waals surface area contributed by atoms with Gasteiger partial charge in [-0.05, 0) is 61.3 Å². The van der Waals surface area contributed by atoms with Crippen LogP contribution in [0.25, 0.3) is 0 Å². The summed E-state index contributed by atoms with van der Waals surface area (Å²) in [4.78, 5) is 17.7. The highest BCUT2D eigenvalue weighted by Crippen LogP contribution is 2.32. The lowest BCUT2D eigenvalue weighted by molar-refractivity contribution is 0.216. The minimum Gasteiger partial charge on any atom is -0.477 e. The first-order valence-electron chi connectivity index (χ1n) is 14.3. The molecule has 2 N–H and O–H groups in total. The zero-order valence-electron chi connectivity index (χ0n) is 23.5. The fraction of sp³-hybridized carbons (Fsp3) is 0.586. The van der Waals surface area contributed by atoms with Crippen molar-refractivity contribution in [2.45, 2.75) is 64.3 Å². The molecule has 216 valence electrons. The summed E-state index contributed by atoms with van der Waals surface area (Å²) < 4.78 is 39.3. The molecule has 40 heavy (non-hydrogen) atoms. The van der Waals surface area contributed by atoms with Crippen LogP contribution in [0.3, 0.4) is 0 Å². The van der Waals surface area contributed by atoms with Gasteiger partial charge in [-0.3, -0.25) is 0 Å². The molecular weight excluding hydrogens is 516 g/mol. The molecule has 3 atom stereocenters. The van der Waals surface area contributed by atoms with Crippen molar-refractivity contribution in [3.63, 3.8) is 0 Å². The summed E-state index contributed by atoms with van der Waals surface area (Å²) in [6, 6.07) is 3.83. The third kappa shape index (κ3) is 6.51. The fourth-order valence-electron chi connectivity index (χ4n) is 5.76. The molecule has 0 bridgehead atoms. The van der Waals surface area contributed by atoms with Crippen molar-refractivity contribution >= 4 is 11.8 Å². The highest BCUT2D eigenvalue weighted by Gasteiger charge is 2.31. The van der Waals surface area contributed by atoms with Gasteiger partial charge in [-0.2, -0.15) is 4.98 Å². The standard InChI is InChI=1S/C29H39F2N7O2/c1-18(2)28-35-29(40-36-28)37-10-6-20(7-11-37)19(3)9-13-39-27-16-33-26(15-34-27)38-12-8-22(25(32)17-38)23-14-21(30)4-5-24(23)31/h4-5,14-16,18-20,22,25H,6-13,17,32H2,1-3H3/t19?,22-,25+/m1/s1. The Kier molecular flexibility index (Phi) is 8.78. The Morgan fingerprint density at radius 3 is 2.50 bits per heavy atom. The van der Waals surface area contributed by atoms with E-state index in [0.29, 0.717) is 61.2 Å². The first kappa shape index (κ1) is 28.2. The molecule has 0 saturated carbocycles. The number of piperidine rings is 2. The van der Waals surface area contributed by atoms with Crippen LogP contribution in [0.4, 0.5) is 20.6 Å². The molecule has 3 aromatic rings. The number of hydrogen-bond acceptors (Lipinski definition) is 9. The topological polar surface area (TPSA) is 106 Å². The molecule has 2 aliphatic rings. The molecule has 0 radical (unpaired) electrons. The fourth-order valence-corrected chi connectivity index (χ4v) is 5.76. The zero-order valence-corrected chi connectivity index (χ0v) is 23.5. The van der Waals surface area contributed by atoms with E-state index in [2.05, 4.69) is 45.8 Å². The van der Waals surface area contributed by atoms with E-state index < -0.39 is 11.6 Å². The molecule has 1 aromatic carbocycles. The van der Waals surface area contributed by atoms with E-state index in [0.717, 1.165) is 50.3 Å². The lowest BCUT2D eigenvalue weighted by atomic mass is 9.84. The number of halogens is 2. The largest absolute Gasteiger partial charge is 0.477 e. The summed E-state index contributed by atoms with van der Waals surface area (Å²) in [7, 11) is 0. The van der Waals surface area contributed by atoms with Gasteiger partial charge in [-0.1, -0.05) is 25.9 Å². The number of nitrogens with two attached hydrogens (primary N) is 1. The maximum Gasteiger partial charge on any atom is 0.324 e. The number of rotatable bonds is 9. The lowest BCUT2D eigenvalue weighted by Gasteiger charge is -2.37. The van der Waals surface area contributed by atoms with Crippen LogP contribution < -0.4 is 20.3 Å². The van der Waals surface area contributed by atoms with Crippen molar-refractivity contribution in [3.8, 4) is 5.88 Å². The predicted octanol–water partition coefficient (Wildman–Crippen LogP) is 4.90. The molecule has 0 amide bonds. The molecule has 2 fully saturated rings. The van der Waals surface area contributed by atoms with Crippen molar-refractivity contribution in [2.24, 2.45) is 17.6 Å². The maximum absolute atomic E-state index is 14.3. The van der Waals surface area contributed by atoms with Crippen LogP contribution in [-0.2, 0) is 0 Å². The molecule has 0 spiro atoms. The highest BCUT2D eigenvalue weighted by atomic mass is 19.1. The molecule has 2 saturated heterocycles. The van der Waals surface area contributed by atoms with Crippen molar-refractivity contribution in [2.75, 3.05) is 42.6 Å². The molecule has 0 aliphatic carbocycles. The van der Waals surface area contributed by atoms with Crippen LogP contribution >= 0.6 is 0 Å². The van der Waals surface area contributed by atoms with Gasteiger partial charge in [-0.25, -0.2) is 18.7 Å². The van der Waals surface area contributed by atoms with E-state index in [1.54, 1.807) is 12.4 Å². The second-order valence-corrected chi connectivity index (χ2v) is 11.4.